The third-order valence-corrected chi connectivity index (χ3v) is 3.57. The second kappa shape index (κ2) is 5.87. The minimum Gasteiger partial charge on any atom is -0.409 e. The fourth-order valence-corrected chi connectivity index (χ4v) is 2.24. The Bertz CT molecular complexity index is 480. The summed E-state index contributed by atoms with van der Waals surface area (Å²) in [6.45, 7) is 2.55. The van der Waals surface area contributed by atoms with Gasteiger partial charge in [0.2, 0.25) is 5.91 Å². The van der Waals surface area contributed by atoms with Crippen LogP contribution in [0.15, 0.2) is 11.5 Å². The number of amides is 1. The molecule has 1 aliphatic heterocycles. The van der Waals surface area contributed by atoms with Crippen LogP contribution in [0.4, 0.5) is 0 Å². The zero-order chi connectivity index (χ0) is 14.6. The quantitative estimate of drug-likeness (QED) is 0.255. The highest BCUT2D eigenvalue weighted by atomic mass is 16.5. The second-order valence-corrected chi connectivity index (χ2v) is 4.75. The predicted octanol–water partition coefficient (Wildman–Crippen LogP) is -0.475. The third kappa shape index (κ3) is 2.57. The van der Waals surface area contributed by atoms with Gasteiger partial charge in [-0.25, -0.2) is 4.98 Å². The number of carbonyl (C=O) groups is 1. The predicted molar refractivity (Wildman–Crippen MR) is 68.8 cm³/mol. The van der Waals surface area contributed by atoms with Crippen LogP contribution in [0.1, 0.15) is 31.6 Å². The Morgan fingerprint density at radius 2 is 2.35 bits per heavy atom. The zero-order valence-corrected chi connectivity index (χ0v) is 11.2. The lowest BCUT2D eigenvalue weighted by atomic mass is 9.78. The highest BCUT2D eigenvalue weighted by Crippen LogP contribution is 2.31. The summed E-state index contributed by atoms with van der Waals surface area (Å²) in [5, 5.41) is 21.2. The Kier molecular flexibility index (Phi) is 4.18. The highest BCUT2D eigenvalue weighted by Gasteiger charge is 2.45. The Balaban J connectivity index is 2.15. The number of oxime groups is 1. The van der Waals surface area contributed by atoms with Gasteiger partial charge < -0.3 is 21.0 Å². The van der Waals surface area contributed by atoms with Crippen molar-refractivity contribution in [2.75, 3.05) is 13.2 Å². The molecule has 9 nitrogen and oxygen atoms in total. The van der Waals surface area contributed by atoms with E-state index in [0.29, 0.717) is 31.9 Å². The Labute approximate surface area is 115 Å². The van der Waals surface area contributed by atoms with Crippen molar-refractivity contribution in [1.29, 1.82) is 0 Å². The van der Waals surface area contributed by atoms with Crippen LogP contribution in [0, 0.1) is 5.41 Å². The number of amidine groups is 1. The summed E-state index contributed by atoms with van der Waals surface area (Å²) < 4.78 is 5.25. The zero-order valence-electron chi connectivity index (χ0n) is 11.2. The van der Waals surface area contributed by atoms with E-state index in [1.807, 2.05) is 0 Å². The van der Waals surface area contributed by atoms with Gasteiger partial charge >= 0.3 is 0 Å². The van der Waals surface area contributed by atoms with Crippen molar-refractivity contribution in [3.8, 4) is 0 Å². The standard InChI is InChI=1S/C11H18N6O3/c1-7(8-13-6-14-16-8)15-10(18)11(9(12)17-19)2-4-20-5-3-11/h6-7,19H,2-5H2,1H3,(H2,12,17)(H,15,18)(H,13,14,16). The van der Waals surface area contributed by atoms with E-state index < -0.39 is 5.41 Å². The van der Waals surface area contributed by atoms with Gasteiger partial charge in [0.1, 0.15) is 17.6 Å². The summed E-state index contributed by atoms with van der Waals surface area (Å²) in [4.78, 5) is 16.5. The average molecular weight is 282 g/mol. The minimum atomic E-state index is -1.04. The highest BCUT2D eigenvalue weighted by molar-refractivity contribution is 6.06. The van der Waals surface area contributed by atoms with Gasteiger partial charge in [-0.15, -0.1) is 0 Å². The first kappa shape index (κ1) is 14.3. The van der Waals surface area contributed by atoms with Crippen molar-refractivity contribution >= 4 is 11.7 Å². The lowest BCUT2D eigenvalue weighted by Crippen LogP contribution is -2.53. The molecule has 110 valence electrons. The van der Waals surface area contributed by atoms with E-state index >= 15 is 0 Å². The molecular weight excluding hydrogens is 264 g/mol. The fraction of sp³-hybridized carbons (Fsp3) is 0.636. The number of H-pyrrole nitrogens is 1. The molecule has 20 heavy (non-hydrogen) atoms. The second-order valence-electron chi connectivity index (χ2n) is 4.75. The number of hydrogen-bond acceptors (Lipinski definition) is 6. The first-order valence-corrected chi connectivity index (χ1v) is 6.32. The molecule has 1 atom stereocenters. The Hall–Kier alpha value is -2.16. The van der Waals surface area contributed by atoms with Crippen molar-refractivity contribution in [2.24, 2.45) is 16.3 Å². The summed E-state index contributed by atoms with van der Waals surface area (Å²) in [7, 11) is 0. The molecule has 0 saturated carbocycles. The maximum atomic E-state index is 12.5. The smallest absolute Gasteiger partial charge is 0.234 e. The lowest BCUT2D eigenvalue weighted by Gasteiger charge is -2.35. The van der Waals surface area contributed by atoms with Gasteiger partial charge in [-0.2, -0.15) is 5.10 Å². The van der Waals surface area contributed by atoms with Gasteiger partial charge in [0.15, 0.2) is 5.84 Å². The topological polar surface area (TPSA) is 139 Å². The Morgan fingerprint density at radius 3 is 2.90 bits per heavy atom. The van der Waals surface area contributed by atoms with E-state index in [1.54, 1.807) is 6.92 Å². The molecule has 9 heteroatoms. The molecule has 2 heterocycles. The number of carbonyl (C=O) groups excluding carboxylic acids is 1. The summed E-state index contributed by atoms with van der Waals surface area (Å²) in [6.07, 6.45) is 2.11. The number of aromatic amines is 1. The lowest BCUT2D eigenvalue weighted by molar-refractivity contribution is -0.132. The first-order valence-electron chi connectivity index (χ1n) is 6.32. The molecule has 1 aromatic heterocycles. The van der Waals surface area contributed by atoms with Crippen LogP contribution in [0.25, 0.3) is 0 Å². The number of nitrogens with zero attached hydrogens (tertiary/aromatic N) is 3. The number of hydrogen-bond donors (Lipinski definition) is 4. The molecule has 5 N–H and O–H groups in total. The normalized spacial score (nSPS) is 20.4. The number of aromatic nitrogens is 3. The molecule has 0 bridgehead atoms. The van der Waals surface area contributed by atoms with E-state index in [1.165, 1.54) is 6.33 Å². The molecular formula is C11H18N6O3. The molecule has 1 amide bonds. The largest absolute Gasteiger partial charge is 0.409 e. The van der Waals surface area contributed by atoms with Crippen LogP contribution in [-0.4, -0.2) is 45.3 Å². The van der Waals surface area contributed by atoms with Gasteiger partial charge in [-0.05, 0) is 19.8 Å². The van der Waals surface area contributed by atoms with E-state index in [2.05, 4.69) is 25.7 Å². The van der Waals surface area contributed by atoms with Gasteiger partial charge in [-0.3, -0.25) is 9.89 Å². The molecule has 2 rings (SSSR count). The van der Waals surface area contributed by atoms with E-state index in [-0.39, 0.29) is 17.8 Å². The van der Waals surface area contributed by atoms with Crippen molar-refractivity contribution < 1.29 is 14.7 Å². The van der Waals surface area contributed by atoms with Crippen LogP contribution in [0.3, 0.4) is 0 Å². The van der Waals surface area contributed by atoms with E-state index in [0.717, 1.165) is 0 Å². The maximum Gasteiger partial charge on any atom is 0.234 e. The van der Waals surface area contributed by atoms with E-state index in [4.69, 9.17) is 15.7 Å². The van der Waals surface area contributed by atoms with Crippen molar-refractivity contribution in [3.05, 3.63) is 12.2 Å². The van der Waals surface area contributed by atoms with Crippen LogP contribution in [-0.2, 0) is 9.53 Å². The molecule has 1 fully saturated rings. The van der Waals surface area contributed by atoms with Crippen LogP contribution in [0.2, 0.25) is 0 Å². The number of ether oxygens (including phenoxy) is 1. The molecule has 1 aromatic rings. The molecule has 0 spiro atoms. The van der Waals surface area contributed by atoms with Gasteiger partial charge in [0, 0.05) is 13.2 Å². The average Bonchev–Trinajstić information content (AvgIpc) is 3.01. The van der Waals surface area contributed by atoms with Gasteiger partial charge in [0.25, 0.3) is 0 Å². The monoisotopic (exact) mass is 282 g/mol. The number of nitrogens with one attached hydrogen (secondary N) is 2. The molecule has 0 aliphatic carbocycles. The summed E-state index contributed by atoms with van der Waals surface area (Å²) >= 11 is 0. The fourth-order valence-electron chi connectivity index (χ4n) is 2.24. The molecule has 0 aromatic carbocycles. The summed E-state index contributed by atoms with van der Waals surface area (Å²) in [5.41, 5.74) is 4.69. The summed E-state index contributed by atoms with van der Waals surface area (Å²) in [6, 6.07) is -0.351. The third-order valence-electron chi connectivity index (χ3n) is 3.57. The van der Waals surface area contributed by atoms with Crippen LogP contribution >= 0.6 is 0 Å². The minimum absolute atomic E-state index is 0.0944. The van der Waals surface area contributed by atoms with Crippen LogP contribution < -0.4 is 11.1 Å². The number of nitrogens with two attached hydrogens (primary N) is 1. The number of rotatable bonds is 4. The molecule has 1 aliphatic rings. The van der Waals surface area contributed by atoms with Gasteiger partial charge in [-0.1, -0.05) is 5.16 Å². The van der Waals surface area contributed by atoms with Crippen molar-refractivity contribution in [1.82, 2.24) is 20.5 Å². The Morgan fingerprint density at radius 1 is 1.65 bits per heavy atom. The van der Waals surface area contributed by atoms with Crippen LogP contribution in [0.5, 0.6) is 0 Å². The first-order chi connectivity index (χ1) is 9.60. The van der Waals surface area contributed by atoms with Crippen molar-refractivity contribution in [2.45, 2.75) is 25.8 Å². The van der Waals surface area contributed by atoms with Gasteiger partial charge in [0.05, 0.1) is 6.04 Å². The maximum absolute atomic E-state index is 12.5. The van der Waals surface area contributed by atoms with Crippen molar-refractivity contribution in [3.63, 3.8) is 0 Å². The van der Waals surface area contributed by atoms with E-state index in [9.17, 15) is 4.79 Å². The molecule has 1 unspecified atom stereocenters. The molecule has 1 saturated heterocycles. The molecule has 0 radical (unpaired) electrons. The summed E-state index contributed by atoms with van der Waals surface area (Å²) in [5.74, 6) is 0.142. The SMILES string of the molecule is CC(NC(=O)C1(C(N)=NO)CCOCC1)c1ncn[nH]1.